The van der Waals surface area contributed by atoms with Crippen LogP contribution < -0.4 is 10.9 Å². The monoisotopic (exact) mass is 278 g/mol. The van der Waals surface area contributed by atoms with Gasteiger partial charge in [-0.25, -0.2) is 8.78 Å². The van der Waals surface area contributed by atoms with Crippen LogP contribution in [0.1, 0.15) is 28.9 Å². The molecule has 0 saturated carbocycles. The lowest BCUT2D eigenvalue weighted by Gasteiger charge is -2.15. The van der Waals surface area contributed by atoms with E-state index in [9.17, 15) is 18.4 Å². The number of benzene rings is 1. The van der Waals surface area contributed by atoms with E-state index < -0.39 is 23.6 Å². The van der Waals surface area contributed by atoms with Crippen molar-refractivity contribution < 1.29 is 13.6 Å². The molecule has 1 atom stereocenters. The van der Waals surface area contributed by atoms with Gasteiger partial charge in [-0.3, -0.25) is 9.59 Å². The molecular weight excluding hydrogens is 266 g/mol. The number of aromatic amines is 1. The SMILES string of the molecule is C[C@@H](NC(=O)c1ccc(=O)[nH]c1)c1ccc(F)cc1F. The molecule has 104 valence electrons. The van der Waals surface area contributed by atoms with Gasteiger partial charge in [-0.2, -0.15) is 0 Å². The van der Waals surface area contributed by atoms with Crippen molar-refractivity contribution in [2.45, 2.75) is 13.0 Å². The molecule has 0 radical (unpaired) electrons. The van der Waals surface area contributed by atoms with Gasteiger partial charge >= 0.3 is 0 Å². The predicted octanol–water partition coefficient (Wildman–Crippen LogP) is 2.14. The maximum absolute atomic E-state index is 13.6. The Kier molecular flexibility index (Phi) is 3.93. The second-order valence-corrected chi connectivity index (χ2v) is 4.30. The predicted molar refractivity (Wildman–Crippen MR) is 69.3 cm³/mol. The molecule has 2 N–H and O–H groups in total. The van der Waals surface area contributed by atoms with Gasteiger partial charge in [-0.05, 0) is 19.1 Å². The summed E-state index contributed by atoms with van der Waals surface area (Å²) in [6.07, 6.45) is 1.27. The number of halogens is 2. The zero-order valence-electron chi connectivity index (χ0n) is 10.6. The van der Waals surface area contributed by atoms with E-state index in [2.05, 4.69) is 10.3 Å². The van der Waals surface area contributed by atoms with Gasteiger partial charge in [0.25, 0.3) is 5.91 Å². The van der Waals surface area contributed by atoms with E-state index in [4.69, 9.17) is 0 Å². The summed E-state index contributed by atoms with van der Waals surface area (Å²) in [6.45, 7) is 1.58. The maximum atomic E-state index is 13.6. The molecule has 0 bridgehead atoms. The number of carbonyl (C=O) groups is 1. The fraction of sp³-hybridized carbons (Fsp3) is 0.143. The highest BCUT2D eigenvalue weighted by Gasteiger charge is 2.15. The Morgan fingerprint density at radius 2 is 2.00 bits per heavy atom. The van der Waals surface area contributed by atoms with Gasteiger partial charge in [-0.15, -0.1) is 0 Å². The highest BCUT2D eigenvalue weighted by molar-refractivity contribution is 5.94. The average Bonchev–Trinajstić information content (AvgIpc) is 2.39. The van der Waals surface area contributed by atoms with Crippen LogP contribution in [0.25, 0.3) is 0 Å². The third-order valence-electron chi connectivity index (χ3n) is 2.82. The van der Waals surface area contributed by atoms with E-state index in [0.29, 0.717) is 0 Å². The van der Waals surface area contributed by atoms with Gasteiger partial charge in [0.2, 0.25) is 5.56 Å². The number of amides is 1. The summed E-state index contributed by atoms with van der Waals surface area (Å²) < 4.78 is 26.4. The second kappa shape index (κ2) is 5.64. The third-order valence-corrected chi connectivity index (χ3v) is 2.82. The topological polar surface area (TPSA) is 62.0 Å². The van der Waals surface area contributed by atoms with Crippen molar-refractivity contribution in [2.75, 3.05) is 0 Å². The Morgan fingerprint density at radius 3 is 2.60 bits per heavy atom. The number of nitrogens with one attached hydrogen (secondary N) is 2. The summed E-state index contributed by atoms with van der Waals surface area (Å²) in [7, 11) is 0. The Balaban J connectivity index is 2.14. The van der Waals surface area contributed by atoms with Gasteiger partial charge in [0, 0.05) is 23.9 Å². The molecular formula is C14H12F2N2O2. The highest BCUT2D eigenvalue weighted by atomic mass is 19.1. The molecule has 4 nitrogen and oxygen atoms in total. The third kappa shape index (κ3) is 3.09. The lowest BCUT2D eigenvalue weighted by Crippen LogP contribution is -2.27. The van der Waals surface area contributed by atoms with E-state index in [1.54, 1.807) is 6.92 Å². The first-order valence-electron chi connectivity index (χ1n) is 5.92. The fourth-order valence-electron chi connectivity index (χ4n) is 1.76. The number of pyridine rings is 1. The van der Waals surface area contributed by atoms with Crippen LogP contribution in [0.4, 0.5) is 8.78 Å². The summed E-state index contributed by atoms with van der Waals surface area (Å²) in [5.41, 5.74) is 0.113. The number of hydrogen-bond acceptors (Lipinski definition) is 2. The van der Waals surface area contributed by atoms with Crippen molar-refractivity contribution in [3.8, 4) is 0 Å². The average molecular weight is 278 g/mol. The van der Waals surface area contributed by atoms with Crippen molar-refractivity contribution in [1.29, 1.82) is 0 Å². The molecule has 1 heterocycles. The minimum Gasteiger partial charge on any atom is -0.345 e. The summed E-state index contributed by atoms with van der Waals surface area (Å²) in [6, 6.07) is 5.12. The summed E-state index contributed by atoms with van der Waals surface area (Å²) in [5.74, 6) is -1.86. The number of hydrogen-bond donors (Lipinski definition) is 2. The van der Waals surface area contributed by atoms with Gasteiger partial charge in [0.05, 0.1) is 11.6 Å². The molecule has 1 aromatic heterocycles. The molecule has 0 spiro atoms. The van der Waals surface area contributed by atoms with E-state index in [1.807, 2.05) is 0 Å². The van der Waals surface area contributed by atoms with Crippen LogP contribution in [-0.4, -0.2) is 10.9 Å². The van der Waals surface area contributed by atoms with Crippen LogP contribution in [-0.2, 0) is 0 Å². The van der Waals surface area contributed by atoms with Crippen LogP contribution in [0.2, 0.25) is 0 Å². The first-order valence-corrected chi connectivity index (χ1v) is 5.92. The standard InChI is InChI=1S/C14H12F2N2O2/c1-8(11-4-3-10(15)6-12(11)16)18-14(20)9-2-5-13(19)17-7-9/h2-8H,1H3,(H,17,19)(H,18,20)/t8-/m1/s1. The molecule has 2 rings (SSSR count). The van der Waals surface area contributed by atoms with E-state index in [-0.39, 0.29) is 16.7 Å². The van der Waals surface area contributed by atoms with Crippen LogP contribution in [0.15, 0.2) is 41.3 Å². The number of aromatic nitrogens is 1. The molecule has 0 aliphatic heterocycles. The summed E-state index contributed by atoms with van der Waals surface area (Å²) >= 11 is 0. The molecule has 0 aliphatic rings. The van der Waals surface area contributed by atoms with E-state index in [1.165, 1.54) is 24.4 Å². The Hall–Kier alpha value is -2.50. The summed E-state index contributed by atoms with van der Waals surface area (Å²) in [4.78, 5) is 25.2. The van der Waals surface area contributed by atoms with Gasteiger partial charge < -0.3 is 10.3 Å². The van der Waals surface area contributed by atoms with Crippen molar-refractivity contribution in [3.63, 3.8) is 0 Å². The highest BCUT2D eigenvalue weighted by Crippen LogP contribution is 2.18. The van der Waals surface area contributed by atoms with Crippen LogP contribution >= 0.6 is 0 Å². The van der Waals surface area contributed by atoms with Crippen molar-refractivity contribution in [1.82, 2.24) is 10.3 Å². The first kappa shape index (κ1) is 13.9. The molecule has 0 fully saturated rings. The lowest BCUT2D eigenvalue weighted by molar-refractivity contribution is 0.0939. The Labute approximate surface area is 113 Å². The molecule has 1 amide bonds. The molecule has 6 heteroatoms. The van der Waals surface area contributed by atoms with Crippen molar-refractivity contribution >= 4 is 5.91 Å². The fourth-order valence-corrected chi connectivity index (χ4v) is 1.76. The minimum atomic E-state index is -0.723. The molecule has 20 heavy (non-hydrogen) atoms. The Morgan fingerprint density at radius 1 is 1.25 bits per heavy atom. The zero-order valence-corrected chi connectivity index (χ0v) is 10.6. The number of rotatable bonds is 3. The van der Waals surface area contributed by atoms with Gasteiger partial charge in [0.1, 0.15) is 11.6 Å². The smallest absolute Gasteiger partial charge is 0.253 e. The molecule has 0 saturated heterocycles. The molecule has 0 unspecified atom stereocenters. The molecule has 2 aromatic rings. The van der Waals surface area contributed by atoms with Crippen LogP contribution in [0.5, 0.6) is 0 Å². The molecule has 1 aromatic carbocycles. The van der Waals surface area contributed by atoms with Crippen LogP contribution in [0, 0.1) is 11.6 Å². The largest absolute Gasteiger partial charge is 0.345 e. The van der Waals surface area contributed by atoms with Gasteiger partial charge in [0.15, 0.2) is 0 Å². The van der Waals surface area contributed by atoms with E-state index in [0.717, 1.165) is 12.1 Å². The number of H-pyrrole nitrogens is 1. The van der Waals surface area contributed by atoms with Crippen molar-refractivity contribution in [2.24, 2.45) is 0 Å². The Bertz CT molecular complexity index is 677. The normalized spacial score (nSPS) is 11.9. The van der Waals surface area contributed by atoms with E-state index >= 15 is 0 Å². The van der Waals surface area contributed by atoms with Crippen molar-refractivity contribution in [3.05, 3.63) is 69.6 Å². The number of carbonyl (C=O) groups excluding carboxylic acids is 1. The quantitative estimate of drug-likeness (QED) is 0.903. The van der Waals surface area contributed by atoms with Gasteiger partial charge in [-0.1, -0.05) is 6.07 Å². The maximum Gasteiger partial charge on any atom is 0.253 e. The first-order chi connectivity index (χ1) is 9.47. The zero-order chi connectivity index (χ0) is 14.7. The molecule has 0 aliphatic carbocycles. The van der Waals surface area contributed by atoms with Crippen LogP contribution in [0.3, 0.4) is 0 Å². The minimum absolute atomic E-state index is 0.184. The second-order valence-electron chi connectivity index (χ2n) is 4.30. The lowest BCUT2D eigenvalue weighted by atomic mass is 10.1. The summed E-state index contributed by atoms with van der Waals surface area (Å²) in [5, 5.41) is 2.57.